The highest BCUT2D eigenvalue weighted by Crippen LogP contribution is 2.29. The molecule has 1 aromatic rings. The summed E-state index contributed by atoms with van der Waals surface area (Å²) in [5.74, 6) is 4.94. The maximum atomic E-state index is 12.7. The van der Waals surface area contributed by atoms with Crippen molar-refractivity contribution in [2.75, 3.05) is 44.3 Å². The summed E-state index contributed by atoms with van der Waals surface area (Å²) in [6.45, 7) is 5.96. The average Bonchev–Trinajstić information content (AvgIpc) is 3.27. The van der Waals surface area contributed by atoms with Gasteiger partial charge >= 0.3 is 0 Å². The zero-order chi connectivity index (χ0) is 19.9. The van der Waals surface area contributed by atoms with E-state index in [1.807, 2.05) is 0 Å². The summed E-state index contributed by atoms with van der Waals surface area (Å²) in [5.41, 5.74) is 1.37. The molecule has 0 radical (unpaired) electrons. The van der Waals surface area contributed by atoms with Gasteiger partial charge in [0.05, 0.1) is 6.61 Å². The first kappa shape index (κ1) is 21.0. The molecule has 0 unspecified atom stereocenters. The molecular formula is C24H36N2O2S. The third-order valence-electron chi connectivity index (χ3n) is 6.73. The van der Waals surface area contributed by atoms with Crippen LogP contribution in [0, 0.1) is 11.8 Å². The Labute approximate surface area is 180 Å². The number of likely N-dealkylation sites (tertiary alicyclic amines) is 1. The number of hydrogen-bond donors (Lipinski definition) is 0. The molecule has 4 nitrogen and oxygen atoms in total. The third kappa shape index (κ3) is 6.39. The van der Waals surface area contributed by atoms with Crippen molar-refractivity contribution in [2.45, 2.75) is 51.5 Å². The Hall–Kier alpha value is -1.20. The van der Waals surface area contributed by atoms with E-state index in [4.69, 9.17) is 4.74 Å². The second-order valence-corrected chi connectivity index (χ2v) is 10.3. The van der Waals surface area contributed by atoms with Crippen LogP contribution in [0.3, 0.4) is 0 Å². The first-order valence-corrected chi connectivity index (χ1v) is 12.7. The first-order chi connectivity index (χ1) is 14.3. The Morgan fingerprint density at radius 3 is 2.45 bits per heavy atom. The number of nitrogens with zero attached hydrogens (tertiary/aromatic N) is 2. The number of thioether (sulfide) groups is 1. The fourth-order valence-electron chi connectivity index (χ4n) is 4.94. The summed E-state index contributed by atoms with van der Waals surface area (Å²) < 4.78 is 6.10. The zero-order valence-electron chi connectivity index (χ0n) is 17.7. The van der Waals surface area contributed by atoms with Crippen molar-refractivity contribution in [3.63, 3.8) is 0 Å². The van der Waals surface area contributed by atoms with Gasteiger partial charge in [0.2, 0.25) is 5.91 Å². The molecule has 2 heterocycles. The van der Waals surface area contributed by atoms with Gasteiger partial charge in [0.25, 0.3) is 0 Å². The van der Waals surface area contributed by atoms with Gasteiger partial charge in [-0.3, -0.25) is 9.69 Å². The minimum atomic E-state index is 0.377. The molecule has 2 saturated heterocycles. The Kier molecular flexibility index (Phi) is 7.78. The molecule has 1 saturated carbocycles. The van der Waals surface area contributed by atoms with Crippen molar-refractivity contribution in [3.05, 3.63) is 29.8 Å². The zero-order valence-corrected chi connectivity index (χ0v) is 18.5. The van der Waals surface area contributed by atoms with Gasteiger partial charge in [-0.25, -0.2) is 0 Å². The van der Waals surface area contributed by atoms with Crippen molar-refractivity contribution >= 4 is 17.7 Å². The predicted octanol–water partition coefficient (Wildman–Crippen LogP) is 4.43. The van der Waals surface area contributed by atoms with Crippen molar-refractivity contribution in [1.82, 2.24) is 9.80 Å². The monoisotopic (exact) mass is 416 g/mol. The van der Waals surface area contributed by atoms with Gasteiger partial charge in [0.15, 0.2) is 0 Å². The lowest BCUT2D eigenvalue weighted by molar-refractivity contribution is -0.134. The van der Waals surface area contributed by atoms with Crippen LogP contribution in [-0.2, 0) is 11.3 Å². The number of piperidine rings is 1. The number of carbonyl (C=O) groups excluding carboxylic acids is 1. The highest BCUT2D eigenvalue weighted by molar-refractivity contribution is 7.99. The molecule has 4 rings (SSSR count). The number of benzene rings is 1. The van der Waals surface area contributed by atoms with E-state index < -0.39 is 0 Å². The standard InChI is InChI=1S/C24H36N2O2S/c27-24(16-20-4-1-2-5-20)26-11-3-6-22(18-26)19-28-23-9-7-21(8-10-23)17-25-12-14-29-15-13-25/h7-10,20,22H,1-6,11-19H2/t22-/m0/s1. The first-order valence-electron chi connectivity index (χ1n) is 11.6. The maximum Gasteiger partial charge on any atom is 0.222 e. The van der Waals surface area contributed by atoms with E-state index in [2.05, 4.69) is 45.8 Å². The summed E-state index contributed by atoms with van der Waals surface area (Å²) in [4.78, 5) is 17.3. The second kappa shape index (κ2) is 10.7. The van der Waals surface area contributed by atoms with Gasteiger partial charge in [0, 0.05) is 56.6 Å². The normalized spacial score (nSPS) is 24.0. The maximum absolute atomic E-state index is 12.7. The molecular weight excluding hydrogens is 380 g/mol. The number of carbonyl (C=O) groups is 1. The topological polar surface area (TPSA) is 32.8 Å². The van der Waals surface area contributed by atoms with E-state index in [1.165, 1.54) is 55.8 Å². The van der Waals surface area contributed by atoms with Gasteiger partial charge < -0.3 is 9.64 Å². The molecule has 29 heavy (non-hydrogen) atoms. The molecule has 5 heteroatoms. The van der Waals surface area contributed by atoms with Crippen LogP contribution in [0.5, 0.6) is 5.75 Å². The van der Waals surface area contributed by atoms with Crippen molar-refractivity contribution in [3.8, 4) is 5.75 Å². The van der Waals surface area contributed by atoms with Crippen molar-refractivity contribution in [2.24, 2.45) is 11.8 Å². The van der Waals surface area contributed by atoms with Crippen LogP contribution in [0.25, 0.3) is 0 Å². The Morgan fingerprint density at radius 1 is 0.966 bits per heavy atom. The second-order valence-electron chi connectivity index (χ2n) is 9.05. The van der Waals surface area contributed by atoms with Gasteiger partial charge in [0.1, 0.15) is 5.75 Å². The number of amides is 1. The van der Waals surface area contributed by atoms with Gasteiger partial charge in [-0.1, -0.05) is 25.0 Å². The van der Waals surface area contributed by atoms with E-state index >= 15 is 0 Å². The SMILES string of the molecule is O=C(CC1CCCC1)N1CCC[C@H](COc2ccc(CN3CCSCC3)cc2)C1. The van der Waals surface area contributed by atoms with Gasteiger partial charge in [-0.2, -0.15) is 11.8 Å². The van der Waals surface area contributed by atoms with Crippen LogP contribution >= 0.6 is 11.8 Å². The Bertz CT molecular complexity index is 639. The van der Waals surface area contributed by atoms with Crippen LogP contribution in [0.4, 0.5) is 0 Å². The van der Waals surface area contributed by atoms with Crippen LogP contribution in [0.15, 0.2) is 24.3 Å². The number of ether oxygens (including phenoxy) is 1. The van der Waals surface area contributed by atoms with E-state index in [0.717, 1.165) is 51.3 Å². The van der Waals surface area contributed by atoms with E-state index in [9.17, 15) is 4.79 Å². The molecule has 160 valence electrons. The molecule has 0 aromatic heterocycles. The van der Waals surface area contributed by atoms with Crippen molar-refractivity contribution < 1.29 is 9.53 Å². The van der Waals surface area contributed by atoms with Crippen molar-refractivity contribution in [1.29, 1.82) is 0 Å². The fraction of sp³-hybridized carbons (Fsp3) is 0.708. The van der Waals surface area contributed by atoms with Crippen LogP contribution in [0.1, 0.15) is 50.5 Å². The number of hydrogen-bond acceptors (Lipinski definition) is 4. The molecule has 3 fully saturated rings. The van der Waals surface area contributed by atoms with E-state index in [0.29, 0.717) is 17.7 Å². The molecule has 1 amide bonds. The average molecular weight is 417 g/mol. The smallest absolute Gasteiger partial charge is 0.222 e. The van der Waals surface area contributed by atoms with Crippen LogP contribution < -0.4 is 4.74 Å². The third-order valence-corrected chi connectivity index (χ3v) is 7.67. The van der Waals surface area contributed by atoms with E-state index in [1.54, 1.807) is 0 Å². The summed E-state index contributed by atoms with van der Waals surface area (Å²) in [7, 11) is 0. The number of rotatable bonds is 7. The summed E-state index contributed by atoms with van der Waals surface area (Å²) in [6, 6.07) is 8.63. The predicted molar refractivity (Wildman–Crippen MR) is 120 cm³/mol. The summed E-state index contributed by atoms with van der Waals surface area (Å²) in [5, 5.41) is 0. The molecule has 1 atom stereocenters. The van der Waals surface area contributed by atoms with Crippen LogP contribution in [0.2, 0.25) is 0 Å². The molecule has 1 aliphatic carbocycles. The molecule has 0 spiro atoms. The molecule has 3 aliphatic rings. The summed E-state index contributed by atoms with van der Waals surface area (Å²) >= 11 is 2.05. The molecule has 2 aliphatic heterocycles. The van der Waals surface area contributed by atoms with E-state index in [-0.39, 0.29) is 0 Å². The summed E-state index contributed by atoms with van der Waals surface area (Å²) in [6.07, 6.45) is 8.16. The Balaban J connectivity index is 1.20. The highest BCUT2D eigenvalue weighted by Gasteiger charge is 2.27. The van der Waals surface area contributed by atoms with Gasteiger partial charge in [-0.05, 0) is 49.3 Å². The molecule has 0 bridgehead atoms. The quantitative estimate of drug-likeness (QED) is 0.658. The van der Waals surface area contributed by atoms with Gasteiger partial charge in [-0.15, -0.1) is 0 Å². The van der Waals surface area contributed by atoms with Crippen LogP contribution in [-0.4, -0.2) is 60.0 Å². The highest BCUT2D eigenvalue weighted by atomic mass is 32.2. The fourth-order valence-corrected chi connectivity index (χ4v) is 5.92. The lowest BCUT2D eigenvalue weighted by Gasteiger charge is -2.33. The minimum absolute atomic E-state index is 0.377. The largest absolute Gasteiger partial charge is 0.493 e. The lowest BCUT2D eigenvalue weighted by atomic mass is 9.97. The molecule has 0 N–H and O–H groups in total. The minimum Gasteiger partial charge on any atom is -0.493 e. The lowest BCUT2D eigenvalue weighted by Crippen LogP contribution is -2.42. The Morgan fingerprint density at radius 2 is 1.69 bits per heavy atom. The molecule has 1 aromatic carbocycles.